The zero-order valence-electron chi connectivity index (χ0n) is 19.1. The van der Waals surface area contributed by atoms with Gasteiger partial charge in [-0.05, 0) is 49.5 Å². The molecule has 0 spiro atoms. The molecule has 2 aromatic heterocycles. The van der Waals surface area contributed by atoms with Crippen molar-refractivity contribution < 1.29 is 27.1 Å². The van der Waals surface area contributed by atoms with Crippen molar-refractivity contribution in [2.24, 2.45) is 0 Å². The standard InChI is InChI=1S/C25H24FN3O5S/c1-3-28(4-2)12-5-6-16-14-17(26)7-9-20(16)29(35(32)33)21-10-8-19-18-11-13-34-22(18)15-27-24(19)23(21)25(30)31/h5-11,13-15,35H,3-4,12H2,1-2H3,(H,30,31). The maximum atomic E-state index is 14.1. The average Bonchev–Trinajstić information content (AvgIpc) is 3.32. The summed E-state index contributed by atoms with van der Waals surface area (Å²) in [6.45, 7) is 6.28. The SMILES string of the molecule is CCN(CC)CC=Cc1cc(F)ccc1N(c1ccc2c(ncc3occc32)c1C(=O)O)[SH](=O)=O. The van der Waals surface area contributed by atoms with E-state index in [4.69, 9.17) is 4.42 Å². The maximum Gasteiger partial charge on any atom is 0.340 e. The first-order chi connectivity index (χ1) is 16.8. The molecule has 2 heterocycles. The molecule has 8 nitrogen and oxygen atoms in total. The van der Waals surface area contributed by atoms with Gasteiger partial charge in [-0.2, -0.15) is 0 Å². The van der Waals surface area contributed by atoms with E-state index in [0.717, 1.165) is 23.5 Å². The van der Waals surface area contributed by atoms with E-state index in [1.807, 2.05) is 19.9 Å². The molecule has 10 heteroatoms. The van der Waals surface area contributed by atoms with Gasteiger partial charge >= 0.3 is 5.97 Å². The predicted molar refractivity (Wildman–Crippen MR) is 134 cm³/mol. The predicted octanol–water partition coefficient (Wildman–Crippen LogP) is 4.84. The number of rotatable bonds is 9. The summed E-state index contributed by atoms with van der Waals surface area (Å²) in [4.78, 5) is 18.7. The summed E-state index contributed by atoms with van der Waals surface area (Å²) < 4.78 is 45.4. The molecular formula is C25H24FN3O5S. The lowest BCUT2D eigenvalue weighted by atomic mass is 10.0. The third-order valence-electron chi connectivity index (χ3n) is 5.83. The monoisotopic (exact) mass is 497 g/mol. The molecule has 1 N–H and O–H groups in total. The number of aromatic nitrogens is 1. The summed E-state index contributed by atoms with van der Waals surface area (Å²) >= 11 is 0. The van der Waals surface area contributed by atoms with Crippen LogP contribution in [0.2, 0.25) is 0 Å². The Bertz CT molecular complexity index is 1500. The highest BCUT2D eigenvalue weighted by Gasteiger charge is 2.25. The zero-order valence-corrected chi connectivity index (χ0v) is 20.0. The molecule has 35 heavy (non-hydrogen) atoms. The molecule has 0 fully saturated rings. The van der Waals surface area contributed by atoms with E-state index >= 15 is 0 Å². The van der Waals surface area contributed by atoms with Crippen LogP contribution in [0.4, 0.5) is 15.8 Å². The van der Waals surface area contributed by atoms with Gasteiger partial charge in [0, 0.05) is 22.9 Å². The Morgan fingerprint density at radius 2 is 1.86 bits per heavy atom. The highest BCUT2D eigenvalue weighted by Crippen LogP contribution is 2.37. The molecule has 0 aliphatic rings. The molecule has 2 aromatic carbocycles. The van der Waals surface area contributed by atoms with Crippen LogP contribution < -0.4 is 4.31 Å². The van der Waals surface area contributed by atoms with Crippen LogP contribution in [0.1, 0.15) is 29.8 Å². The summed E-state index contributed by atoms with van der Waals surface area (Å²) in [7, 11) is -3.34. The fourth-order valence-electron chi connectivity index (χ4n) is 4.05. The van der Waals surface area contributed by atoms with Gasteiger partial charge in [0.1, 0.15) is 11.4 Å². The summed E-state index contributed by atoms with van der Waals surface area (Å²) in [5.74, 6) is -1.89. The number of aromatic carboxylic acids is 1. The van der Waals surface area contributed by atoms with Gasteiger partial charge in [0.25, 0.3) is 0 Å². The number of likely N-dealkylation sites (N-methyl/N-ethyl adjacent to an activating group) is 1. The van der Waals surface area contributed by atoms with Gasteiger partial charge in [-0.25, -0.2) is 21.9 Å². The number of benzene rings is 2. The molecular weight excluding hydrogens is 473 g/mol. The van der Waals surface area contributed by atoms with E-state index in [1.54, 1.807) is 18.2 Å². The lowest BCUT2D eigenvalue weighted by Crippen LogP contribution is -2.22. The Hall–Kier alpha value is -3.76. The van der Waals surface area contributed by atoms with Crippen molar-refractivity contribution in [2.75, 3.05) is 23.9 Å². The van der Waals surface area contributed by atoms with Crippen LogP contribution in [0, 0.1) is 5.82 Å². The van der Waals surface area contributed by atoms with E-state index < -0.39 is 22.7 Å². The largest absolute Gasteiger partial charge is 0.478 e. The van der Waals surface area contributed by atoms with E-state index in [-0.39, 0.29) is 22.5 Å². The average molecular weight is 498 g/mol. The van der Waals surface area contributed by atoms with Crippen LogP contribution in [0.5, 0.6) is 0 Å². The van der Waals surface area contributed by atoms with Gasteiger partial charge in [-0.1, -0.05) is 26.0 Å². The zero-order chi connectivity index (χ0) is 25.1. The quantitative estimate of drug-likeness (QED) is 0.319. The molecule has 0 aliphatic heterocycles. The highest BCUT2D eigenvalue weighted by atomic mass is 32.2. The number of furan rings is 1. The molecule has 182 valence electrons. The molecule has 0 atom stereocenters. The number of halogens is 1. The van der Waals surface area contributed by atoms with Crippen LogP contribution in [0.15, 0.2) is 59.4 Å². The van der Waals surface area contributed by atoms with Gasteiger partial charge in [-0.3, -0.25) is 4.98 Å². The number of thiol groups is 1. The van der Waals surface area contributed by atoms with E-state index in [9.17, 15) is 22.7 Å². The second-order valence-electron chi connectivity index (χ2n) is 7.76. The Labute approximate surface area is 203 Å². The summed E-state index contributed by atoms with van der Waals surface area (Å²) in [5.41, 5.74) is 0.642. The van der Waals surface area contributed by atoms with Gasteiger partial charge in [0.15, 0.2) is 5.58 Å². The van der Waals surface area contributed by atoms with Crippen LogP contribution in [0.25, 0.3) is 27.9 Å². The number of carbonyl (C=O) groups is 1. The van der Waals surface area contributed by atoms with Crippen molar-refractivity contribution in [2.45, 2.75) is 13.8 Å². The number of pyridine rings is 1. The number of nitrogens with zero attached hydrogens (tertiary/aromatic N) is 3. The fourth-order valence-corrected chi connectivity index (χ4v) is 4.75. The van der Waals surface area contributed by atoms with Crippen LogP contribution in [-0.2, 0) is 10.9 Å². The summed E-state index contributed by atoms with van der Waals surface area (Å²) in [6.07, 6.45) is 6.32. The minimum Gasteiger partial charge on any atom is -0.478 e. The second kappa shape index (κ2) is 10.2. The van der Waals surface area contributed by atoms with Gasteiger partial charge in [0.05, 0.1) is 29.4 Å². The Morgan fingerprint density at radius 1 is 1.11 bits per heavy atom. The minimum absolute atomic E-state index is 0.0959. The third kappa shape index (κ3) is 4.75. The first kappa shape index (κ1) is 24.4. The number of hydrogen-bond acceptors (Lipinski definition) is 6. The topological polar surface area (TPSA) is 104 Å². The number of carboxylic acids is 1. The summed E-state index contributed by atoms with van der Waals surface area (Å²) in [5, 5.41) is 11.2. The van der Waals surface area contributed by atoms with Crippen LogP contribution >= 0.6 is 0 Å². The van der Waals surface area contributed by atoms with Gasteiger partial charge in [-0.15, -0.1) is 0 Å². The third-order valence-corrected chi connectivity index (χ3v) is 6.59. The highest BCUT2D eigenvalue weighted by molar-refractivity contribution is 7.74. The first-order valence-electron chi connectivity index (χ1n) is 11.0. The Kier molecular flexibility index (Phi) is 7.13. The smallest absolute Gasteiger partial charge is 0.340 e. The Morgan fingerprint density at radius 3 is 2.54 bits per heavy atom. The molecule has 0 amide bonds. The van der Waals surface area contributed by atoms with Crippen molar-refractivity contribution >= 4 is 56.2 Å². The molecule has 0 aliphatic carbocycles. The number of hydrogen-bond donors (Lipinski definition) is 2. The van der Waals surface area contributed by atoms with Gasteiger partial charge < -0.3 is 14.4 Å². The molecule has 0 bridgehead atoms. The maximum absolute atomic E-state index is 14.1. The lowest BCUT2D eigenvalue weighted by Gasteiger charge is -2.22. The van der Waals surface area contributed by atoms with Crippen molar-refractivity contribution in [3.8, 4) is 0 Å². The normalized spacial score (nSPS) is 11.9. The minimum atomic E-state index is -3.34. The molecule has 0 saturated carbocycles. The van der Waals surface area contributed by atoms with Crippen molar-refractivity contribution in [1.29, 1.82) is 0 Å². The number of anilines is 2. The van der Waals surface area contributed by atoms with Crippen molar-refractivity contribution in [3.63, 3.8) is 0 Å². The number of carboxylic acid groups (broad SMARTS) is 1. The molecule has 0 radical (unpaired) electrons. The van der Waals surface area contributed by atoms with Crippen LogP contribution in [0.3, 0.4) is 0 Å². The summed E-state index contributed by atoms with van der Waals surface area (Å²) in [6, 6.07) is 8.38. The van der Waals surface area contributed by atoms with E-state index in [2.05, 4.69) is 9.88 Å². The Balaban J connectivity index is 1.91. The second-order valence-corrected chi connectivity index (χ2v) is 8.63. The molecule has 0 unspecified atom stereocenters. The first-order valence-corrected chi connectivity index (χ1v) is 12.1. The van der Waals surface area contributed by atoms with Crippen molar-refractivity contribution in [1.82, 2.24) is 9.88 Å². The molecule has 4 aromatic rings. The van der Waals surface area contributed by atoms with Crippen molar-refractivity contribution in [3.05, 3.63) is 71.9 Å². The van der Waals surface area contributed by atoms with E-state index in [1.165, 1.54) is 30.7 Å². The van der Waals surface area contributed by atoms with Gasteiger partial charge in [0.2, 0.25) is 10.9 Å². The molecule has 4 rings (SSSR count). The fraction of sp³-hybridized carbons (Fsp3) is 0.200. The van der Waals surface area contributed by atoms with E-state index in [0.29, 0.717) is 28.5 Å². The lowest BCUT2D eigenvalue weighted by molar-refractivity contribution is 0.0699. The molecule has 0 saturated heterocycles. The number of fused-ring (bicyclic) bond motifs is 3. The van der Waals surface area contributed by atoms with Crippen LogP contribution in [-0.4, -0.2) is 49.0 Å².